The van der Waals surface area contributed by atoms with Crippen LogP contribution in [-0.2, 0) is 4.79 Å². The van der Waals surface area contributed by atoms with E-state index in [9.17, 15) is 4.79 Å². The Labute approximate surface area is 117 Å². The third kappa shape index (κ3) is 4.43. The third-order valence-electron chi connectivity index (χ3n) is 4.49. The first-order chi connectivity index (χ1) is 8.15. The zero-order valence-corrected chi connectivity index (χ0v) is 12.3. The Balaban J connectivity index is 0.00000162. The molecule has 0 unspecified atom stereocenters. The first kappa shape index (κ1) is 15.8. The molecule has 2 rings (SSSR count). The molecule has 0 atom stereocenters. The van der Waals surface area contributed by atoms with Gasteiger partial charge in [-0.2, -0.15) is 0 Å². The first-order valence-electron chi connectivity index (χ1n) is 7.18. The van der Waals surface area contributed by atoms with Gasteiger partial charge in [0.15, 0.2) is 0 Å². The Bertz CT molecular complexity index is 257. The molecule has 1 aliphatic heterocycles. The van der Waals surface area contributed by atoms with E-state index in [2.05, 4.69) is 11.8 Å². The zero-order valence-electron chi connectivity index (χ0n) is 11.4. The lowest BCUT2D eigenvalue weighted by Crippen LogP contribution is -2.39. The Morgan fingerprint density at radius 2 is 1.67 bits per heavy atom. The second kappa shape index (κ2) is 7.34. The Morgan fingerprint density at radius 3 is 2.22 bits per heavy atom. The lowest BCUT2D eigenvalue weighted by molar-refractivity contribution is -0.133. The highest BCUT2D eigenvalue weighted by atomic mass is 35.5. The van der Waals surface area contributed by atoms with Gasteiger partial charge >= 0.3 is 0 Å². The molecule has 2 aliphatic rings. The van der Waals surface area contributed by atoms with Gasteiger partial charge in [0, 0.05) is 25.6 Å². The summed E-state index contributed by atoms with van der Waals surface area (Å²) in [5, 5.41) is 0. The fourth-order valence-electron chi connectivity index (χ4n) is 3.03. The van der Waals surface area contributed by atoms with E-state index >= 15 is 0 Å². The topological polar surface area (TPSA) is 46.3 Å². The van der Waals surface area contributed by atoms with Gasteiger partial charge in [-0.25, -0.2) is 0 Å². The van der Waals surface area contributed by atoms with Gasteiger partial charge < -0.3 is 10.6 Å². The molecule has 106 valence electrons. The molecule has 1 aliphatic carbocycles. The van der Waals surface area contributed by atoms with Gasteiger partial charge in [-0.05, 0) is 50.4 Å². The fourth-order valence-corrected chi connectivity index (χ4v) is 3.03. The van der Waals surface area contributed by atoms with Gasteiger partial charge in [-0.1, -0.05) is 6.92 Å². The Morgan fingerprint density at radius 1 is 1.11 bits per heavy atom. The minimum absolute atomic E-state index is 0. The van der Waals surface area contributed by atoms with E-state index in [0.29, 0.717) is 17.9 Å². The number of hydrogen-bond acceptors (Lipinski definition) is 2. The van der Waals surface area contributed by atoms with E-state index in [1.165, 1.54) is 12.8 Å². The highest BCUT2D eigenvalue weighted by Gasteiger charge is 2.25. The van der Waals surface area contributed by atoms with Crippen molar-refractivity contribution in [1.82, 2.24) is 4.90 Å². The highest BCUT2D eigenvalue weighted by Crippen LogP contribution is 2.27. The van der Waals surface area contributed by atoms with E-state index in [0.717, 1.165) is 51.1 Å². The summed E-state index contributed by atoms with van der Waals surface area (Å²) in [6, 6.07) is 0.386. The van der Waals surface area contributed by atoms with Gasteiger partial charge in [0.1, 0.15) is 0 Å². The summed E-state index contributed by atoms with van der Waals surface area (Å²) in [6.07, 6.45) is 7.64. The number of hydrogen-bond donors (Lipinski definition) is 1. The van der Waals surface area contributed by atoms with Crippen LogP contribution < -0.4 is 5.73 Å². The van der Waals surface area contributed by atoms with Crippen molar-refractivity contribution in [3.63, 3.8) is 0 Å². The van der Waals surface area contributed by atoms with Crippen LogP contribution in [0.5, 0.6) is 0 Å². The summed E-state index contributed by atoms with van der Waals surface area (Å²) in [5.41, 5.74) is 5.89. The number of nitrogens with two attached hydrogens (primary N) is 1. The predicted molar refractivity (Wildman–Crippen MR) is 76.8 cm³/mol. The molecule has 0 bridgehead atoms. The van der Waals surface area contributed by atoms with Gasteiger partial charge in [-0.3, -0.25) is 4.79 Å². The van der Waals surface area contributed by atoms with Crippen LogP contribution in [0.25, 0.3) is 0 Å². The average molecular weight is 275 g/mol. The second-order valence-corrected chi connectivity index (χ2v) is 6.05. The van der Waals surface area contributed by atoms with E-state index in [4.69, 9.17) is 5.73 Å². The lowest BCUT2D eigenvalue weighted by atomic mass is 9.84. The Kier molecular flexibility index (Phi) is 6.44. The smallest absolute Gasteiger partial charge is 0.222 e. The van der Waals surface area contributed by atoms with Crippen molar-refractivity contribution in [1.29, 1.82) is 0 Å². The van der Waals surface area contributed by atoms with Gasteiger partial charge in [0.2, 0.25) is 5.91 Å². The molecule has 1 heterocycles. The largest absolute Gasteiger partial charge is 0.343 e. The molecule has 18 heavy (non-hydrogen) atoms. The minimum atomic E-state index is 0. The van der Waals surface area contributed by atoms with E-state index in [1.807, 2.05) is 0 Å². The number of amides is 1. The van der Waals surface area contributed by atoms with Gasteiger partial charge in [0.05, 0.1) is 0 Å². The molecule has 0 aromatic rings. The van der Waals surface area contributed by atoms with Crippen LogP contribution in [0.3, 0.4) is 0 Å². The van der Waals surface area contributed by atoms with Crippen LogP contribution in [0.15, 0.2) is 0 Å². The molecular formula is C14H27ClN2O. The summed E-state index contributed by atoms with van der Waals surface area (Å²) >= 11 is 0. The monoisotopic (exact) mass is 274 g/mol. The van der Waals surface area contributed by atoms with Crippen molar-refractivity contribution < 1.29 is 4.79 Å². The van der Waals surface area contributed by atoms with E-state index in [-0.39, 0.29) is 12.4 Å². The summed E-state index contributed by atoms with van der Waals surface area (Å²) in [4.78, 5) is 14.2. The fraction of sp³-hybridized carbons (Fsp3) is 0.929. The lowest BCUT2D eigenvalue weighted by Gasteiger charge is -2.32. The molecule has 0 aromatic carbocycles. The van der Waals surface area contributed by atoms with Crippen LogP contribution in [0, 0.1) is 11.8 Å². The second-order valence-electron chi connectivity index (χ2n) is 6.05. The maximum absolute atomic E-state index is 12.1. The molecule has 2 fully saturated rings. The number of nitrogens with zero attached hydrogens (tertiary/aromatic N) is 1. The summed E-state index contributed by atoms with van der Waals surface area (Å²) in [6.45, 7) is 4.24. The highest BCUT2D eigenvalue weighted by molar-refractivity contribution is 5.85. The molecule has 4 heteroatoms. The quantitative estimate of drug-likeness (QED) is 0.841. The molecular weight excluding hydrogens is 248 g/mol. The van der Waals surface area contributed by atoms with Crippen molar-refractivity contribution >= 4 is 18.3 Å². The summed E-state index contributed by atoms with van der Waals surface area (Å²) in [7, 11) is 0. The zero-order chi connectivity index (χ0) is 12.3. The molecule has 0 spiro atoms. The van der Waals surface area contributed by atoms with E-state index < -0.39 is 0 Å². The molecule has 1 amide bonds. The minimum Gasteiger partial charge on any atom is -0.343 e. The summed E-state index contributed by atoms with van der Waals surface area (Å²) in [5.74, 6) is 1.78. The normalized spacial score (nSPS) is 29.8. The van der Waals surface area contributed by atoms with Gasteiger partial charge in [0.25, 0.3) is 0 Å². The van der Waals surface area contributed by atoms with Crippen LogP contribution in [0.1, 0.15) is 51.9 Å². The van der Waals surface area contributed by atoms with E-state index in [1.54, 1.807) is 0 Å². The first-order valence-corrected chi connectivity index (χ1v) is 7.18. The van der Waals surface area contributed by atoms with Crippen LogP contribution >= 0.6 is 12.4 Å². The van der Waals surface area contributed by atoms with Crippen molar-refractivity contribution in [2.75, 3.05) is 13.1 Å². The maximum atomic E-state index is 12.1. The number of halogens is 1. The number of rotatable bonds is 2. The van der Waals surface area contributed by atoms with Crippen molar-refractivity contribution in [3.8, 4) is 0 Å². The number of carbonyl (C=O) groups is 1. The number of piperidine rings is 1. The molecule has 0 aromatic heterocycles. The third-order valence-corrected chi connectivity index (χ3v) is 4.49. The molecule has 0 radical (unpaired) electrons. The Hall–Kier alpha value is -0.280. The van der Waals surface area contributed by atoms with Crippen LogP contribution in [-0.4, -0.2) is 29.9 Å². The SMILES string of the molecule is CC1CCN(C(=O)CC2CCC(N)CC2)CC1.Cl. The van der Waals surface area contributed by atoms with Gasteiger partial charge in [-0.15, -0.1) is 12.4 Å². The number of carbonyl (C=O) groups excluding carboxylic acids is 1. The van der Waals surface area contributed by atoms with Crippen LogP contribution in [0.4, 0.5) is 0 Å². The molecule has 3 nitrogen and oxygen atoms in total. The number of likely N-dealkylation sites (tertiary alicyclic amines) is 1. The standard InChI is InChI=1S/C14H26N2O.ClH/c1-11-6-8-16(9-7-11)14(17)10-12-2-4-13(15)5-3-12;/h11-13H,2-10,15H2,1H3;1H. The average Bonchev–Trinajstić information content (AvgIpc) is 2.33. The predicted octanol–water partition coefficient (Wildman–Crippen LogP) is 2.57. The molecule has 1 saturated heterocycles. The molecule has 1 saturated carbocycles. The van der Waals surface area contributed by atoms with Crippen LogP contribution in [0.2, 0.25) is 0 Å². The maximum Gasteiger partial charge on any atom is 0.222 e. The van der Waals surface area contributed by atoms with Crippen molar-refractivity contribution in [2.45, 2.75) is 57.9 Å². The summed E-state index contributed by atoms with van der Waals surface area (Å²) < 4.78 is 0. The van der Waals surface area contributed by atoms with Crippen molar-refractivity contribution in [2.24, 2.45) is 17.6 Å². The van der Waals surface area contributed by atoms with Crippen molar-refractivity contribution in [3.05, 3.63) is 0 Å². The molecule has 2 N–H and O–H groups in total.